The molecule has 7 heteroatoms. The Morgan fingerprint density at radius 1 is 1.23 bits per heavy atom. The third-order valence-electron chi connectivity index (χ3n) is 4.42. The summed E-state index contributed by atoms with van der Waals surface area (Å²) in [5, 5.41) is 12.0. The Morgan fingerprint density at radius 3 is 2.81 bits per heavy atom. The molecule has 5 nitrogen and oxygen atoms in total. The van der Waals surface area contributed by atoms with Gasteiger partial charge >= 0.3 is 0 Å². The second-order valence-electron chi connectivity index (χ2n) is 6.27. The molecule has 0 bridgehead atoms. The number of fused-ring (bicyclic) bond motifs is 1. The van der Waals surface area contributed by atoms with Gasteiger partial charge in [-0.3, -0.25) is 4.79 Å². The highest BCUT2D eigenvalue weighted by atomic mass is 32.1. The van der Waals surface area contributed by atoms with E-state index in [1.54, 1.807) is 0 Å². The van der Waals surface area contributed by atoms with Crippen LogP contribution in [-0.4, -0.2) is 22.1 Å². The van der Waals surface area contributed by atoms with Gasteiger partial charge in [0, 0.05) is 17.4 Å². The molecule has 1 aliphatic heterocycles. The van der Waals surface area contributed by atoms with E-state index in [9.17, 15) is 9.18 Å². The second-order valence-corrected chi connectivity index (χ2v) is 7.33. The molecule has 0 radical (unpaired) electrons. The number of carbonyl (C=O) groups excluding carboxylic acids is 1. The van der Waals surface area contributed by atoms with Gasteiger partial charge in [-0.15, -0.1) is 10.2 Å². The number of carbonyl (C=O) groups is 1. The lowest BCUT2D eigenvalue weighted by Gasteiger charge is -2.23. The van der Waals surface area contributed by atoms with Crippen LogP contribution in [0.15, 0.2) is 48.5 Å². The van der Waals surface area contributed by atoms with Crippen molar-refractivity contribution in [2.45, 2.75) is 25.9 Å². The Kier molecular flexibility index (Phi) is 4.38. The molecule has 132 valence electrons. The van der Waals surface area contributed by atoms with Gasteiger partial charge in [0.25, 0.3) is 5.91 Å². The molecule has 0 saturated carbocycles. The van der Waals surface area contributed by atoms with Crippen LogP contribution in [0.4, 0.5) is 15.8 Å². The van der Waals surface area contributed by atoms with Crippen LogP contribution >= 0.6 is 11.3 Å². The van der Waals surface area contributed by atoms with E-state index < -0.39 is 0 Å². The Balaban J connectivity index is 1.46. The summed E-state index contributed by atoms with van der Waals surface area (Å²) in [5.41, 5.74) is 3.07. The largest absolute Gasteiger partial charge is 0.361 e. The number of para-hydroxylation sites is 1. The number of rotatable bonds is 4. The lowest BCUT2D eigenvalue weighted by Crippen LogP contribution is -2.28. The predicted octanol–water partition coefficient (Wildman–Crippen LogP) is 3.88. The highest BCUT2D eigenvalue weighted by Crippen LogP contribution is 2.33. The molecule has 1 atom stereocenters. The molecule has 2 aromatic carbocycles. The summed E-state index contributed by atoms with van der Waals surface area (Å²) in [5.74, 6) is -0.684. The van der Waals surface area contributed by atoms with Crippen molar-refractivity contribution in [3.63, 3.8) is 0 Å². The molecule has 1 aliphatic rings. The zero-order chi connectivity index (χ0) is 18.1. The molecule has 1 aromatic heterocycles. The lowest BCUT2D eigenvalue weighted by molar-refractivity contribution is 0.102. The lowest BCUT2D eigenvalue weighted by atomic mass is 10.1. The van der Waals surface area contributed by atoms with Gasteiger partial charge in [-0.25, -0.2) is 4.39 Å². The molecule has 0 fully saturated rings. The van der Waals surface area contributed by atoms with Crippen LogP contribution in [0.2, 0.25) is 0 Å². The molecule has 3 aromatic rings. The second kappa shape index (κ2) is 6.84. The zero-order valence-electron chi connectivity index (χ0n) is 14.1. The maximum atomic E-state index is 12.9. The first-order chi connectivity index (χ1) is 12.6. The summed E-state index contributed by atoms with van der Waals surface area (Å²) >= 11 is 1.28. The molecule has 1 unspecified atom stereocenters. The number of nitrogens with one attached hydrogen (secondary N) is 1. The van der Waals surface area contributed by atoms with Gasteiger partial charge in [0.2, 0.25) is 5.01 Å². The first-order valence-corrected chi connectivity index (χ1v) is 9.15. The number of hydrogen-bond donors (Lipinski definition) is 1. The van der Waals surface area contributed by atoms with Crippen molar-refractivity contribution in [2.75, 3.05) is 10.2 Å². The van der Waals surface area contributed by atoms with Gasteiger partial charge < -0.3 is 10.2 Å². The average molecular weight is 368 g/mol. The van der Waals surface area contributed by atoms with Crippen LogP contribution in [0, 0.1) is 5.82 Å². The van der Waals surface area contributed by atoms with E-state index in [1.165, 1.54) is 46.9 Å². The van der Waals surface area contributed by atoms with E-state index in [0.717, 1.165) is 11.4 Å². The highest BCUT2D eigenvalue weighted by Gasteiger charge is 2.26. The topological polar surface area (TPSA) is 58.1 Å². The van der Waals surface area contributed by atoms with Crippen LogP contribution in [0.25, 0.3) is 0 Å². The maximum Gasteiger partial charge on any atom is 0.286 e. The molecule has 1 N–H and O–H groups in total. The third-order valence-corrected chi connectivity index (χ3v) is 5.32. The molecule has 2 heterocycles. The first kappa shape index (κ1) is 16.7. The van der Waals surface area contributed by atoms with Crippen molar-refractivity contribution in [1.82, 2.24) is 10.2 Å². The monoisotopic (exact) mass is 368 g/mol. The van der Waals surface area contributed by atoms with Crippen LogP contribution in [0.1, 0.15) is 27.3 Å². The Bertz CT molecular complexity index is 941. The molecule has 26 heavy (non-hydrogen) atoms. The van der Waals surface area contributed by atoms with Crippen LogP contribution in [0.3, 0.4) is 0 Å². The molecular weight excluding hydrogens is 351 g/mol. The fourth-order valence-electron chi connectivity index (χ4n) is 3.14. The summed E-state index contributed by atoms with van der Waals surface area (Å²) in [4.78, 5) is 14.6. The maximum absolute atomic E-state index is 12.9. The predicted molar refractivity (Wildman–Crippen MR) is 100 cm³/mol. The fraction of sp³-hybridized carbons (Fsp3) is 0.211. The van der Waals surface area contributed by atoms with Crippen molar-refractivity contribution in [3.05, 3.63) is 69.9 Å². The van der Waals surface area contributed by atoms with Crippen LogP contribution < -0.4 is 10.2 Å². The van der Waals surface area contributed by atoms with E-state index in [0.29, 0.717) is 23.3 Å². The summed E-state index contributed by atoms with van der Waals surface area (Å²) in [7, 11) is 0. The Labute approximate surface area is 154 Å². The number of nitrogens with zero attached hydrogens (tertiary/aromatic N) is 3. The SMILES string of the molecule is CC1Cc2ccccc2N1Cc1nnc(C(=O)Nc2ccc(F)cc2)s1. The number of anilines is 2. The smallest absolute Gasteiger partial charge is 0.286 e. The van der Waals surface area contributed by atoms with Crippen molar-refractivity contribution in [3.8, 4) is 0 Å². The minimum atomic E-state index is -0.346. The number of halogens is 1. The van der Waals surface area contributed by atoms with Crippen LogP contribution in [-0.2, 0) is 13.0 Å². The van der Waals surface area contributed by atoms with Gasteiger partial charge in [0.05, 0.1) is 6.54 Å². The summed E-state index contributed by atoms with van der Waals surface area (Å²) in [6.07, 6.45) is 1.01. The highest BCUT2D eigenvalue weighted by molar-refractivity contribution is 7.13. The minimum absolute atomic E-state index is 0.296. The number of benzene rings is 2. The van der Waals surface area contributed by atoms with Gasteiger partial charge in [0.1, 0.15) is 10.8 Å². The summed E-state index contributed by atoms with van der Waals surface area (Å²) in [6, 6.07) is 14.4. The van der Waals surface area contributed by atoms with E-state index in [1.807, 2.05) is 6.07 Å². The van der Waals surface area contributed by atoms with Gasteiger partial charge in [-0.05, 0) is 49.2 Å². The van der Waals surface area contributed by atoms with Gasteiger partial charge in [0.15, 0.2) is 0 Å². The van der Waals surface area contributed by atoms with Gasteiger partial charge in [-0.1, -0.05) is 29.5 Å². The van der Waals surface area contributed by atoms with Crippen LogP contribution in [0.5, 0.6) is 0 Å². The normalized spacial score (nSPS) is 15.8. The van der Waals surface area contributed by atoms with E-state index >= 15 is 0 Å². The number of amides is 1. The van der Waals surface area contributed by atoms with Crippen molar-refractivity contribution >= 4 is 28.6 Å². The molecule has 0 saturated heterocycles. The Morgan fingerprint density at radius 2 is 2.00 bits per heavy atom. The zero-order valence-corrected chi connectivity index (χ0v) is 15.0. The molecule has 0 spiro atoms. The van der Waals surface area contributed by atoms with Crippen molar-refractivity contribution in [1.29, 1.82) is 0 Å². The third kappa shape index (κ3) is 3.30. The minimum Gasteiger partial charge on any atom is -0.361 e. The fourth-order valence-corrected chi connectivity index (χ4v) is 3.88. The first-order valence-electron chi connectivity index (χ1n) is 8.34. The quantitative estimate of drug-likeness (QED) is 0.759. The molecule has 0 aliphatic carbocycles. The van der Waals surface area contributed by atoms with Crippen molar-refractivity contribution in [2.24, 2.45) is 0 Å². The van der Waals surface area contributed by atoms with Gasteiger partial charge in [-0.2, -0.15) is 0 Å². The van der Waals surface area contributed by atoms with E-state index in [-0.39, 0.29) is 11.7 Å². The Hall–Kier alpha value is -2.80. The van der Waals surface area contributed by atoms with Crippen molar-refractivity contribution < 1.29 is 9.18 Å². The summed E-state index contributed by atoms with van der Waals surface area (Å²) in [6.45, 7) is 2.81. The number of aromatic nitrogens is 2. The average Bonchev–Trinajstić information content (AvgIpc) is 3.22. The van der Waals surface area contributed by atoms with E-state index in [4.69, 9.17) is 0 Å². The molecular formula is C19H17FN4OS. The molecule has 1 amide bonds. The summed E-state index contributed by atoms with van der Waals surface area (Å²) < 4.78 is 12.9. The standard InChI is InChI=1S/C19H17FN4OS/c1-12-10-13-4-2-3-5-16(13)24(12)11-17-22-23-19(26-17)18(25)21-15-8-6-14(20)7-9-15/h2-9,12H,10-11H2,1H3,(H,21,25). The molecule has 4 rings (SSSR count). The number of hydrogen-bond acceptors (Lipinski definition) is 5. The van der Waals surface area contributed by atoms with E-state index in [2.05, 4.69) is 45.5 Å².